The highest BCUT2D eigenvalue weighted by atomic mass is 19.3. The number of rotatable bonds is 2. The molecule has 0 unspecified atom stereocenters. The quantitative estimate of drug-likeness (QED) is 0.736. The molecule has 0 spiro atoms. The van der Waals surface area contributed by atoms with E-state index in [2.05, 4.69) is 15.4 Å². The highest BCUT2D eigenvalue weighted by Gasteiger charge is 2.61. The van der Waals surface area contributed by atoms with Crippen molar-refractivity contribution in [3.8, 4) is 0 Å². The number of nitrogens with zero attached hydrogens (tertiary/aromatic N) is 2. The summed E-state index contributed by atoms with van der Waals surface area (Å²) in [5.41, 5.74) is -0.644. The van der Waals surface area contributed by atoms with Gasteiger partial charge in [-0.3, -0.25) is 0 Å². The summed E-state index contributed by atoms with van der Waals surface area (Å²) < 4.78 is 26.1. The van der Waals surface area contributed by atoms with E-state index in [1.165, 1.54) is 6.20 Å². The molecule has 0 aromatic carbocycles. The van der Waals surface area contributed by atoms with E-state index in [0.717, 1.165) is 6.92 Å². The SMILES string of the molecule is CC(F)(F)C1(c2cn[nH]n2)CC1. The molecule has 5 heteroatoms. The second-order valence-corrected chi connectivity index (χ2v) is 3.33. The molecular formula is C7H9F2N3. The van der Waals surface area contributed by atoms with Crippen LogP contribution in [-0.2, 0) is 5.41 Å². The van der Waals surface area contributed by atoms with Crippen molar-refractivity contribution in [2.75, 3.05) is 0 Å². The number of hydrogen-bond acceptors (Lipinski definition) is 2. The molecule has 1 aliphatic rings. The van der Waals surface area contributed by atoms with E-state index in [4.69, 9.17) is 0 Å². The Morgan fingerprint density at radius 1 is 1.58 bits per heavy atom. The van der Waals surface area contributed by atoms with Gasteiger partial charge in [-0.2, -0.15) is 15.4 Å². The first-order valence-corrected chi connectivity index (χ1v) is 3.80. The number of aromatic amines is 1. The Bertz CT molecular complexity index is 271. The molecule has 3 nitrogen and oxygen atoms in total. The van der Waals surface area contributed by atoms with Gasteiger partial charge in [0.2, 0.25) is 0 Å². The van der Waals surface area contributed by atoms with Gasteiger partial charge in [0, 0.05) is 6.92 Å². The van der Waals surface area contributed by atoms with Crippen LogP contribution in [0.2, 0.25) is 0 Å². The van der Waals surface area contributed by atoms with E-state index in [9.17, 15) is 8.78 Å². The highest BCUT2D eigenvalue weighted by molar-refractivity contribution is 5.25. The number of halogens is 2. The Kier molecular flexibility index (Phi) is 1.29. The van der Waals surface area contributed by atoms with Crippen molar-refractivity contribution in [1.82, 2.24) is 15.4 Å². The summed E-state index contributed by atoms with van der Waals surface area (Å²) in [7, 11) is 0. The van der Waals surface area contributed by atoms with Crippen molar-refractivity contribution in [3.05, 3.63) is 11.9 Å². The summed E-state index contributed by atoms with van der Waals surface area (Å²) in [6, 6.07) is 0. The zero-order chi connectivity index (χ0) is 8.82. The predicted octanol–water partition coefficient (Wildman–Crippen LogP) is 1.49. The van der Waals surface area contributed by atoms with Crippen LogP contribution in [0.5, 0.6) is 0 Å². The first-order chi connectivity index (χ1) is 5.56. The van der Waals surface area contributed by atoms with Crippen LogP contribution in [-0.4, -0.2) is 21.3 Å². The van der Waals surface area contributed by atoms with Crippen LogP contribution < -0.4 is 0 Å². The third-order valence-electron chi connectivity index (χ3n) is 2.50. The lowest BCUT2D eigenvalue weighted by molar-refractivity contribution is -0.0214. The smallest absolute Gasteiger partial charge is 0.206 e. The number of H-pyrrole nitrogens is 1. The van der Waals surface area contributed by atoms with Gasteiger partial charge in [-0.25, -0.2) is 8.78 Å². The normalized spacial score (nSPS) is 20.9. The molecule has 0 aliphatic heterocycles. The van der Waals surface area contributed by atoms with Crippen LogP contribution in [0.25, 0.3) is 0 Å². The third kappa shape index (κ3) is 0.852. The zero-order valence-corrected chi connectivity index (χ0v) is 6.64. The fraction of sp³-hybridized carbons (Fsp3) is 0.714. The van der Waals surface area contributed by atoms with Crippen LogP contribution in [0, 0.1) is 0 Å². The van der Waals surface area contributed by atoms with Crippen LogP contribution in [0.15, 0.2) is 6.20 Å². The topological polar surface area (TPSA) is 41.6 Å². The second-order valence-electron chi connectivity index (χ2n) is 3.33. The van der Waals surface area contributed by atoms with Gasteiger partial charge in [-0.05, 0) is 12.8 Å². The van der Waals surface area contributed by atoms with E-state index in [1.807, 2.05) is 0 Å². The number of aromatic nitrogens is 3. The minimum atomic E-state index is -2.69. The maximum absolute atomic E-state index is 13.0. The van der Waals surface area contributed by atoms with E-state index >= 15 is 0 Å². The van der Waals surface area contributed by atoms with Crippen LogP contribution in [0.4, 0.5) is 8.78 Å². The van der Waals surface area contributed by atoms with Crippen molar-refractivity contribution < 1.29 is 8.78 Å². The molecule has 1 fully saturated rings. The van der Waals surface area contributed by atoms with Crippen molar-refractivity contribution in [2.45, 2.75) is 31.1 Å². The molecule has 0 atom stereocenters. The van der Waals surface area contributed by atoms with Crippen molar-refractivity contribution in [2.24, 2.45) is 0 Å². The first-order valence-electron chi connectivity index (χ1n) is 3.80. The number of alkyl halides is 2. The molecule has 1 N–H and O–H groups in total. The molecule has 0 amide bonds. The summed E-state index contributed by atoms with van der Waals surface area (Å²) in [6.45, 7) is 0.939. The van der Waals surface area contributed by atoms with Gasteiger partial charge in [0.1, 0.15) is 0 Å². The average molecular weight is 173 g/mol. The van der Waals surface area contributed by atoms with E-state index in [0.29, 0.717) is 18.5 Å². The van der Waals surface area contributed by atoms with Gasteiger partial charge >= 0.3 is 0 Å². The summed E-state index contributed by atoms with van der Waals surface area (Å²) in [5, 5.41) is 9.59. The van der Waals surface area contributed by atoms with Gasteiger partial charge in [-0.15, -0.1) is 0 Å². The highest BCUT2D eigenvalue weighted by Crippen LogP contribution is 2.57. The molecule has 1 aromatic heterocycles. The monoisotopic (exact) mass is 173 g/mol. The molecule has 0 saturated heterocycles. The lowest BCUT2D eigenvalue weighted by Gasteiger charge is -2.19. The average Bonchev–Trinajstić information content (AvgIpc) is 2.61. The van der Waals surface area contributed by atoms with E-state index < -0.39 is 11.3 Å². The fourth-order valence-corrected chi connectivity index (χ4v) is 1.48. The third-order valence-corrected chi connectivity index (χ3v) is 2.50. The van der Waals surface area contributed by atoms with E-state index in [-0.39, 0.29) is 0 Å². The van der Waals surface area contributed by atoms with Crippen LogP contribution in [0.1, 0.15) is 25.5 Å². The summed E-state index contributed by atoms with van der Waals surface area (Å²) >= 11 is 0. The Labute approximate surface area is 68.2 Å². The van der Waals surface area contributed by atoms with Gasteiger partial charge in [0.05, 0.1) is 17.3 Å². The summed E-state index contributed by atoms with van der Waals surface area (Å²) in [4.78, 5) is 0. The molecule has 12 heavy (non-hydrogen) atoms. The molecule has 1 saturated carbocycles. The van der Waals surface area contributed by atoms with Gasteiger partial charge in [-0.1, -0.05) is 0 Å². The van der Waals surface area contributed by atoms with Crippen molar-refractivity contribution in [1.29, 1.82) is 0 Å². The van der Waals surface area contributed by atoms with Gasteiger partial charge in [0.15, 0.2) is 0 Å². The molecule has 0 radical (unpaired) electrons. The Morgan fingerprint density at radius 2 is 2.25 bits per heavy atom. The lowest BCUT2D eigenvalue weighted by Crippen LogP contribution is -2.30. The summed E-state index contributed by atoms with van der Waals surface area (Å²) in [6.07, 6.45) is 2.39. The number of nitrogens with one attached hydrogen (secondary N) is 1. The molecule has 1 heterocycles. The predicted molar refractivity (Wildman–Crippen MR) is 37.9 cm³/mol. The maximum atomic E-state index is 13.0. The standard InChI is InChI=1S/C7H9F2N3/c1-6(8,9)7(2-3-7)5-4-10-12-11-5/h4H,2-3H2,1H3,(H,10,11,12). The van der Waals surface area contributed by atoms with E-state index in [1.54, 1.807) is 0 Å². The van der Waals surface area contributed by atoms with Crippen LogP contribution >= 0.6 is 0 Å². The molecule has 1 aliphatic carbocycles. The minimum absolute atomic E-state index is 0.384. The van der Waals surface area contributed by atoms with Gasteiger partial charge in [0.25, 0.3) is 5.92 Å². The largest absolute Gasteiger partial charge is 0.256 e. The van der Waals surface area contributed by atoms with Gasteiger partial charge < -0.3 is 0 Å². The maximum Gasteiger partial charge on any atom is 0.256 e. The van der Waals surface area contributed by atoms with Crippen molar-refractivity contribution in [3.63, 3.8) is 0 Å². The second kappa shape index (κ2) is 2.02. The Hall–Kier alpha value is -1.00. The summed E-state index contributed by atoms with van der Waals surface area (Å²) in [5.74, 6) is -2.69. The number of hydrogen-bond donors (Lipinski definition) is 1. The zero-order valence-electron chi connectivity index (χ0n) is 6.64. The minimum Gasteiger partial charge on any atom is -0.206 e. The molecule has 66 valence electrons. The molecule has 0 bridgehead atoms. The molecular weight excluding hydrogens is 164 g/mol. The Balaban J connectivity index is 2.35. The molecule has 2 rings (SSSR count). The van der Waals surface area contributed by atoms with Crippen molar-refractivity contribution >= 4 is 0 Å². The fourth-order valence-electron chi connectivity index (χ4n) is 1.48. The first kappa shape index (κ1) is 7.64. The lowest BCUT2D eigenvalue weighted by atomic mass is 9.96. The molecule has 1 aromatic rings. The Morgan fingerprint density at radius 3 is 2.58 bits per heavy atom. The van der Waals surface area contributed by atoms with Crippen LogP contribution in [0.3, 0.4) is 0 Å².